The molecule has 0 N–H and O–H groups in total. The normalized spacial score (nSPS) is 14.4. The van der Waals surface area contributed by atoms with E-state index in [-0.39, 0.29) is 0 Å². The third-order valence-electron chi connectivity index (χ3n) is 4.26. The second-order valence-corrected chi connectivity index (χ2v) is 9.57. The van der Waals surface area contributed by atoms with Crippen molar-refractivity contribution in [2.75, 3.05) is 19.4 Å². The first-order valence-electron chi connectivity index (χ1n) is 10.6. The molecule has 25 heavy (non-hydrogen) atoms. The predicted octanol–water partition coefficient (Wildman–Crippen LogP) is 7.76. The summed E-state index contributed by atoms with van der Waals surface area (Å²) in [6.07, 6.45) is 17.6. The Morgan fingerprint density at radius 3 is 2.20 bits per heavy atom. The molecule has 0 rings (SSSR count). The van der Waals surface area contributed by atoms with Gasteiger partial charge in [-0.1, -0.05) is 78.4 Å². The van der Waals surface area contributed by atoms with Crippen LogP contribution in [-0.4, -0.2) is 19.4 Å². The van der Waals surface area contributed by atoms with Gasteiger partial charge in [0.15, 0.2) is 0 Å². The maximum absolute atomic E-state index is 12.8. The van der Waals surface area contributed by atoms with E-state index >= 15 is 0 Å². The van der Waals surface area contributed by atoms with Crippen LogP contribution < -0.4 is 0 Å². The zero-order valence-electron chi connectivity index (χ0n) is 17.3. The van der Waals surface area contributed by atoms with Gasteiger partial charge < -0.3 is 9.05 Å². The quantitative estimate of drug-likeness (QED) is 0.140. The summed E-state index contributed by atoms with van der Waals surface area (Å²) in [5.74, 6) is 0.657. The van der Waals surface area contributed by atoms with Gasteiger partial charge in [0, 0.05) is 0 Å². The summed E-state index contributed by atoms with van der Waals surface area (Å²) in [5.41, 5.74) is 0. The fraction of sp³-hybridized carbons (Fsp3) is 0.905. The standard InChI is InChI=1S/C21H43O3P/c1-5-7-9-10-11-12-13-14-15-18-23-25(22,20-8-6-2)24-19-16-17-21(3)4/h14-15,21H,5-13,16-20H2,1-4H3/b15-14+. The van der Waals surface area contributed by atoms with E-state index in [4.69, 9.17) is 9.05 Å². The first-order valence-corrected chi connectivity index (χ1v) is 12.3. The number of rotatable bonds is 18. The second kappa shape index (κ2) is 17.3. The summed E-state index contributed by atoms with van der Waals surface area (Å²) < 4.78 is 24.1. The van der Waals surface area contributed by atoms with Crippen LogP contribution in [0.3, 0.4) is 0 Å². The molecule has 0 radical (unpaired) electrons. The van der Waals surface area contributed by atoms with Crippen LogP contribution in [0, 0.1) is 5.92 Å². The molecule has 1 atom stereocenters. The lowest BCUT2D eigenvalue weighted by Crippen LogP contribution is -2.03. The average molecular weight is 375 g/mol. The number of hydrogen-bond donors (Lipinski definition) is 0. The summed E-state index contributed by atoms with van der Waals surface area (Å²) >= 11 is 0. The van der Waals surface area contributed by atoms with Gasteiger partial charge in [0.2, 0.25) is 0 Å². The minimum atomic E-state index is -2.92. The van der Waals surface area contributed by atoms with E-state index in [9.17, 15) is 4.57 Å². The Balaban J connectivity index is 3.92. The van der Waals surface area contributed by atoms with Gasteiger partial charge in [-0.15, -0.1) is 0 Å². The van der Waals surface area contributed by atoms with Crippen molar-refractivity contribution in [3.8, 4) is 0 Å². The van der Waals surface area contributed by atoms with E-state index in [1.54, 1.807) is 0 Å². The minimum Gasteiger partial charge on any atom is -0.309 e. The van der Waals surface area contributed by atoms with Crippen molar-refractivity contribution >= 4 is 7.60 Å². The molecule has 3 nitrogen and oxygen atoms in total. The summed E-state index contributed by atoms with van der Waals surface area (Å²) in [4.78, 5) is 0. The van der Waals surface area contributed by atoms with Gasteiger partial charge >= 0.3 is 7.60 Å². The van der Waals surface area contributed by atoms with Gasteiger partial charge in [-0.2, -0.15) is 0 Å². The first kappa shape index (κ1) is 24.9. The van der Waals surface area contributed by atoms with Crippen molar-refractivity contribution in [1.82, 2.24) is 0 Å². The van der Waals surface area contributed by atoms with Gasteiger partial charge in [0.25, 0.3) is 0 Å². The zero-order chi connectivity index (χ0) is 18.8. The monoisotopic (exact) mass is 374 g/mol. The highest BCUT2D eigenvalue weighted by Gasteiger charge is 2.23. The highest BCUT2D eigenvalue weighted by Crippen LogP contribution is 2.49. The summed E-state index contributed by atoms with van der Waals surface area (Å²) in [7, 11) is -2.92. The summed E-state index contributed by atoms with van der Waals surface area (Å²) in [6.45, 7) is 9.69. The van der Waals surface area contributed by atoms with Crippen LogP contribution >= 0.6 is 7.60 Å². The van der Waals surface area contributed by atoms with Crippen molar-refractivity contribution in [2.45, 2.75) is 98.3 Å². The van der Waals surface area contributed by atoms with Gasteiger partial charge in [0.1, 0.15) is 0 Å². The SMILES string of the molecule is CCCCCCCC/C=C/COP(=O)(CCCC)OCCCC(C)C. The molecule has 0 aromatic heterocycles. The molecule has 0 saturated carbocycles. The van der Waals surface area contributed by atoms with Gasteiger partial charge in [-0.25, -0.2) is 0 Å². The Morgan fingerprint density at radius 1 is 0.840 bits per heavy atom. The van der Waals surface area contributed by atoms with Crippen LogP contribution in [0.15, 0.2) is 12.2 Å². The number of allylic oxidation sites excluding steroid dienone is 1. The molecule has 0 amide bonds. The van der Waals surface area contributed by atoms with Crippen LogP contribution in [0.2, 0.25) is 0 Å². The molecular formula is C21H43O3P. The topological polar surface area (TPSA) is 35.5 Å². The first-order chi connectivity index (χ1) is 12.0. The van der Waals surface area contributed by atoms with Crippen LogP contribution in [0.5, 0.6) is 0 Å². The highest BCUT2D eigenvalue weighted by molar-refractivity contribution is 7.53. The molecule has 0 spiro atoms. The van der Waals surface area contributed by atoms with Gasteiger partial charge in [-0.3, -0.25) is 4.57 Å². The lowest BCUT2D eigenvalue weighted by atomic mass is 10.1. The molecule has 0 saturated heterocycles. The van der Waals surface area contributed by atoms with Crippen LogP contribution in [0.4, 0.5) is 0 Å². The molecule has 0 aromatic carbocycles. The van der Waals surface area contributed by atoms with E-state index in [1.165, 1.54) is 38.5 Å². The molecular weight excluding hydrogens is 331 g/mol. The smallest absolute Gasteiger partial charge is 0.309 e. The lowest BCUT2D eigenvalue weighted by Gasteiger charge is -2.18. The lowest BCUT2D eigenvalue weighted by molar-refractivity contribution is 0.212. The number of hydrogen-bond acceptors (Lipinski definition) is 3. The van der Waals surface area contributed by atoms with Crippen molar-refractivity contribution in [3.05, 3.63) is 12.2 Å². The molecule has 0 aliphatic heterocycles. The van der Waals surface area contributed by atoms with Crippen molar-refractivity contribution in [2.24, 2.45) is 5.92 Å². The van der Waals surface area contributed by atoms with Crippen molar-refractivity contribution in [3.63, 3.8) is 0 Å². The van der Waals surface area contributed by atoms with E-state index in [0.717, 1.165) is 32.1 Å². The van der Waals surface area contributed by atoms with E-state index < -0.39 is 7.60 Å². The zero-order valence-corrected chi connectivity index (χ0v) is 18.2. The molecule has 0 heterocycles. The van der Waals surface area contributed by atoms with Gasteiger partial charge in [0.05, 0.1) is 19.4 Å². The molecule has 0 fully saturated rings. The van der Waals surface area contributed by atoms with E-state index in [2.05, 4.69) is 33.8 Å². The van der Waals surface area contributed by atoms with Crippen LogP contribution in [0.1, 0.15) is 98.3 Å². The maximum atomic E-state index is 12.8. The Bertz CT molecular complexity index is 353. The second-order valence-electron chi connectivity index (χ2n) is 7.38. The molecule has 0 aliphatic rings. The third-order valence-corrected chi connectivity index (χ3v) is 6.24. The Labute approximate surface area is 157 Å². The van der Waals surface area contributed by atoms with Crippen molar-refractivity contribution < 1.29 is 13.6 Å². The third kappa shape index (κ3) is 17.1. The molecule has 0 aromatic rings. The predicted molar refractivity (Wildman–Crippen MR) is 110 cm³/mol. The van der Waals surface area contributed by atoms with Gasteiger partial charge in [-0.05, 0) is 38.0 Å². The van der Waals surface area contributed by atoms with Crippen molar-refractivity contribution in [1.29, 1.82) is 0 Å². The Hall–Kier alpha value is -0.110. The molecule has 150 valence electrons. The molecule has 0 bridgehead atoms. The minimum absolute atomic E-state index is 0.404. The average Bonchev–Trinajstić information content (AvgIpc) is 2.59. The van der Waals surface area contributed by atoms with Crippen LogP contribution in [0.25, 0.3) is 0 Å². The fourth-order valence-corrected chi connectivity index (χ4v) is 4.36. The Kier molecular flexibility index (Phi) is 17.2. The van der Waals surface area contributed by atoms with Crippen LogP contribution in [-0.2, 0) is 13.6 Å². The fourth-order valence-electron chi connectivity index (χ4n) is 2.60. The van der Waals surface area contributed by atoms with E-state index in [1.807, 2.05) is 6.08 Å². The summed E-state index contributed by atoms with van der Waals surface area (Å²) in [5, 5.41) is 0. The largest absolute Gasteiger partial charge is 0.330 e. The highest BCUT2D eigenvalue weighted by atomic mass is 31.2. The maximum Gasteiger partial charge on any atom is 0.330 e. The molecule has 1 unspecified atom stereocenters. The molecule has 4 heteroatoms. The molecule has 0 aliphatic carbocycles. The summed E-state index contributed by atoms with van der Waals surface area (Å²) in [6, 6.07) is 0. The number of unbranched alkanes of at least 4 members (excludes halogenated alkanes) is 7. The Morgan fingerprint density at radius 2 is 1.52 bits per heavy atom. The van der Waals surface area contributed by atoms with E-state index in [0.29, 0.717) is 25.3 Å².